The van der Waals surface area contributed by atoms with Crippen LogP contribution in [0, 0.1) is 6.92 Å². The van der Waals surface area contributed by atoms with Gasteiger partial charge in [0.25, 0.3) is 0 Å². The zero-order valence-corrected chi connectivity index (χ0v) is 14.4. The molecule has 0 saturated carbocycles. The Morgan fingerprint density at radius 3 is 2.13 bits per heavy atom. The Labute approximate surface area is 137 Å². The molecule has 2 aromatic carbocycles. The normalized spacial score (nSPS) is 12.7. The molecule has 1 amide bonds. The van der Waals surface area contributed by atoms with Crippen LogP contribution in [0.15, 0.2) is 53.4 Å². The highest BCUT2D eigenvalue weighted by Gasteiger charge is 2.12. The molecule has 2 rings (SSSR count). The minimum absolute atomic E-state index is 0.0615. The van der Waals surface area contributed by atoms with Crippen LogP contribution in [0.4, 0.5) is 0 Å². The van der Waals surface area contributed by atoms with E-state index in [1.807, 2.05) is 38.1 Å². The van der Waals surface area contributed by atoms with Gasteiger partial charge >= 0.3 is 0 Å². The summed E-state index contributed by atoms with van der Waals surface area (Å²) in [6.45, 7) is 3.88. The molecule has 0 radical (unpaired) electrons. The van der Waals surface area contributed by atoms with Crippen LogP contribution in [0.2, 0.25) is 0 Å². The second-order valence-electron chi connectivity index (χ2n) is 5.79. The van der Waals surface area contributed by atoms with E-state index in [0.717, 1.165) is 16.7 Å². The molecule has 0 aliphatic rings. The molecule has 0 unspecified atom stereocenters. The van der Waals surface area contributed by atoms with E-state index in [2.05, 4.69) is 5.32 Å². The van der Waals surface area contributed by atoms with Gasteiger partial charge < -0.3 is 5.32 Å². The van der Waals surface area contributed by atoms with E-state index < -0.39 is 9.84 Å². The van der Waals surface area contributed by atoms with E-state index in [-0.39, 0.29) is 16.8 Å². The van der Waals surface area contributed by atoms with Crippen molar-refractivity contribution in [3.05, 3.63) is 65.2 Å². The molecule has 2 aromatic rings. The Hall–Kier alpha value is -2.14. The number of aryl methyl sites for hydroxylation is 1. The SMILES string of the molecule is Cc1ccc(CC(=O)N[C@@H](C)c2ccc(S(C)(=O)=O)cc2)cc1. The topological polar surface area (TPSA) is 63.2 Å². The summed E-state index contributed by atoms with van der Waals surface area (Å²) in [5.41, 5.74) is 3.00. The fourth-order valence-electron chi connectivity index (χ4n) is 2.27. The maximum atomic E-state index is 12.1. The van der Waals surface area contributed by atoms with Gasteiger partial charge in [-0.05, 0) is 37.1 Å². The molecule has 4 nitrogen and oxygen atoms in total. The van der Waals surface area contributed by atoms with Crippen LogP contribution in [-0.2, 0) is 21.1 Å². The molecular formula is C18H21NO3S. The average molecular weight is 331 g/mol. The number of benzene rings is 2. The lowest BCUT2D eigenvalue weighted by atomic mass is 10.1. The van der Waals surface area contributed by atoms with Crippen molar-refractivity contribution >= 4 is 15.7 Å². The highest BCUT2D eigenvalue weighted by atomic mass is 32.2. The van der Waals surface area contributed by atoms with Gasteiger partial charge in [0.1, 0.15) is 0 Å². The van der Waals surface area contributed by atoms with Crippen molar-refractivity contribution in [1.82, 2.24) is 5.32 Å². The predicted octanol–water partition coefficient (Wildman–Crippen LogP) is 2.82. The van der Waals surface area contributed by atoms with Gasteiger partial charge in [-0.15, -0.1) is 0 Å². The van der Waals surface area contributed by atoms with E-state index in [1.54, 1.807) is 24.3 Å². The van der Waals surface area contributed by atoms with Crippen molar-refractivity contribution in [2.45, 2.75) is 31.2 Å². The molecule has 1 N–H and O–H groups in total. The lowest BCUT2D eigenvalue weighted by molar-refractivity contribution is -0.121. The van der Waals surface area contributed by atoms with Crippen LogP contribution in [0.25, 0.3) is 0 Å². The van der Waals surface area contributed by atoms with Crippen molar-refractivity contribution in [3.8, 4) is 0 Å². The standard InChI is InChI=1S/C18H21NO3S/c1-13-4-6-15(7-5-13)12-18(20)19-14(2)16-8-10-17(11-9-16)23(3,21)22/h4-11,14H,12H2,1-3H3,(H,19,20)/t14-/m0/s1. The summed E-state index contributed by atoms with van der Waals surface area (Å²) in [6, 6.07) is 14.3. The van der Waals surface area contributed by atoms with E-state index in [1.165, 1.54) is 6.26 Å². The number of sulfone groups is 1. The van der Waals surface area contributed by atoms with Crippen molar-refractivity contribution in [2.75, 3.05) is 6.26 Å². The first kappa shape index (κ1) is 17.2. The number of hydrogen-bond acceptors (Lipinski definition) is 3. The summed E-state index contributed by atoms with van der Waals surface area (Å²) in [5.74, 6) is -0.0615. The third kappa shape index (κ3) is 4.93. The number of nitrogens with one attached hydrogen (secondary N) is 1. The third-order valence-electron chi connectivity index (χ3n) is 3.67. The van der Waals surface area contributed by atoms with Gasteiger partial charge in [-0.1, -0.05) is 42.0 Å². The summed E-state index contributed by atoms with van der Waals surface area (Å²) >= 11 is 0. The molecule has 23 heavy (non-hydrogen) atoms. The first-order valence-corrected chi connectivity index (χ1v) is 9.30. The predicted molar refractivity (Wildman–Crippen MR) is 91.0 cm³/mol. The number of carbonyl (C=O) groups excluding carboxylic acids is 1. The quantitative estimate of drug-likeness (QED) is 0.916. The van der Waals surface area contributed by atoms with Crippen molar-refractivity contribution in [2.24, 2.45) is 0 Å². The molecule has 1 atom stereocenters. The Morgan fingerprint density at radius 2 is 1.61 bits per heavy atom. The maximum Gasteiger partial charge on any atom is 0.224 e. The lowest BCUT2D eigenvalue weighted by Crippen LogP contribution is -2.28. The Kier molecular flexibility index (Phi) is 5.21. The zero-order chi connectivity index (χ0) is 17.0. The number of amides is 1. The summed E-state index contributed by atoms with van der Waals surface area (Å²) in [7, 11) is -3.20. The van der Waals surface area contributed by atoms with Gasteiger partial charge in [-0.25, -0.2) is 8.42 Å². The largest absolute Gasteiger partial charge is 0.349 e. The molecular weight excluding hydrogens is 310 g/mol. The molecule has 0 aliphatic heterocycles. The van der Waals surface area contributed by atoms with Gasteiger partial charge in [-0.3, -0.25) is 4.79 Å². The number of hydrogen-bond donors (Lipinski definition) is 1. The minimum Gasteiger partial charge on any atom is -0.349 e. The molecule has 0 aliphatic carbocycles. The summed E-state index contributed by atoms with van der Waals surface area (Å²) in [6.07, 6.45) is 1.50. The van der Waals surface area contributed by atoms with Crippen LogP contribution in [-0.4, -0.2) is 20.6 Å². The Morgan fingerprint density at radius 1 is 1.04 bits per heavy atom. The first-order chi connectivity index (χ1) is 10.8. The van der Waals surface area contributed by atoms with Crippen LogP contribution in [0.1, 0.15) is 29.7 Å². The minimum atomic E-state index is -3.20. The Bertz CT molecular complexity index is 778. The monoisotopic (exact) mass is 331 g/mol. The van der Waals surface area contributed by atoms with Crippen molar-refractivity contribution < 1.29 is 13.2 Å². The molecule has 0 aromatic heterocycles. The van der Waals surface area contributed by atoms with Crippen LogP contribution in [0.3, 0.4) is 0 Å². The molecule has 0 spiro atoms. The van der Waals surface area contributed by atoms with Gasteiger partial charge in [0, 0.05) is 6.26 Å². The van der Waals surface area contributed by atoms with Gasteiger partial charge in [0.2, 0.25) is 5.91 Å². The Balaban J connectivity index is 1.99. The second-order valence-corrected chi connectivity index (χ2v) is 7.81. The average Bonchev–Trinajstić information content (AvgIpc) is 2.49. The summed E-state index contributed by atoms with van der Waals surface area (Å²) < 4.78 is 22.9. The van der Waals surface area contributed by atoms with E-state index in [0.29, 0.717) is 6.42 Å². The lowest BCUT2D eigenvalue weighted by Gasteiger charge is -2.15. The van der Waals surface area contributed by atoms with Crippen molar-refractivity contribution in [1.29, 1.82) is 0 Å². The molecule has 5 heteroatoms. The van der Waals surface area contributed by atoms with Crippen LogP contribution < -0.4 is 5.32 Å². The number of rotatable bonds is 5. The number of carbonyl (C=O) groups is 1. The van der Waals surface area contributed by atoms with E-state index in [4.69, 9.17) is 0 Å². The fraction of sp³-hybridized carbons (Fsp3) is 0.278. The smallest absolute Gasteiger partial charge is 0.224 e. The van der Waals surface area contributed by atoms with E-state index in [9.17, 15) is 13.2 Å². The van der Waals surface area contributed by atoms with Crippen molar-refractivity contribution in [3.63, 3.8) is 0 Å². The molecule has 0 saturated heterocycles. The summed E-state index contributed by atoms with van der Waals surface area (Å²) in [4.78, 5) is 12.4. The highest BCUT2D eigenvalue weighted by molar-refractivity contribution is 7.90. The summed E-state index contributed by atoms with van der Waals surface area (Å²) in [5, 5.41) is 2.93. The van der Waals surface area contributed by atoms with Gasteiger partial charge in [0.15, 0.2) is 9.84 Å². The zero-order valence-electron chi connectivity index (χ0n) is 13.5. The molecule has 122 valence electrons. The maximum absolute atomic E-state index is 12.1. The highest BCUT2D eigenvalue weighted by Crippen LogP contribution is 2.16. The fourth-order valence-corrected chi connectivity index (χ4v) is 2.90. The van der Waals surface area contributed by atoms with Gasteiger partial charge in [0.05, 0.1) is 17.4 Å². The second kappa shape index (κ2) is 6.96. The van der Waals surface area contributed by atoms with Crippen LogP contribution in [0.5, 0.6) is 0 Å². The first-order valence-electron chi connectivity index (χ1n) is 7.40. The molecule has 0 fully saturated rings. The van der Waals surface area contributed by atoms with E-state index >= 15 is 0 Å². The third-order valence-corrected chi connectivity index (χ3v) is 4.80. The van der Waals surface area contributed by atoms with Crippen LogP contribution >= 0.6 is 0 Å². The molecule has 0 heterocycles. The molecule has 0 bridgehead atoms. The van der Waals surface area contributed by atoms with Gasteiger partial charge in [-0.2, -0.15) is 0 Å².